The van der Waals surface area contributed by atoms with Crippen molar-refractivity contribution in [2.45, 2.75) is 26.4 Å². The molecule has 1 saturated heterocycles. The molecule has 7 nitrogen and oxygen atoms in total. The summed E-state index contributed by atoms with van der Waals surface area (Å²) in [5.74, 6) is 0.136. The van der Waals surface area contributed by atoms with Gasteiger partial charge in [-0.2, -0.15) is 4.98 Å². The number of nitrogens with two attached hydrogens (primary N) is 1. The van der Waals surface area contributed by atoms with Gasteiger partial charge in [0.15, 0.2) is 0 Å². The largest absolute Gasteiger partial charge is 0.456 e. The molecule has 0 radical (unpaired) electrons. The van der Waals surface area contributed by atoms with Gasteiger partial charge in [0.25, 0.3) is 0 Å². The van der Waals surface area contributed by atoms with E-state index in [4.69, 9.17) is 15.2 Å². The third kappa shape index (κ3) is 3.57. The molecule has 1 aromatic heterocycles. The number of carbonyl (C=O) groups is 1. The van der Waals surface area contributed by atoms with Crippen molar-refractivity contribution in [3.05, 3.63) is 11.8 Å². The summed E-state index contributed by atoms with van der Waals surface area (Å²) in [6, 6.07) is 0. The van der Waals surface area contributed by atoms with E-state index in [0.29, 0.717) is 32.3 Å². The molecule has 7 heteroatoms. The van der Waals surface area contributed by atoms with Gasteiger partial charge in [-0.3, -0.25) is 0 Å². The molecule has 2 heterocycles. The Kier molecular flexibility index (Phi) is 4.08. The molecule has 2 N–H and O–H groups in total. The molecule has 0 amide bonds. The molecule has 20 heavy (non-hydrogen) atoms. The van der Waals surface area contributed by atoms with Gasteiger partial charge in [-0.15, -0.1) is 0 Å². The maximum Gasteiger partial charge on any atom is 0.344 e. The van der Waals surface area contributed by atoms with E-state index in [1.165, 1.54) is 6.20 Å². The Hall–Kier alpha value is -1.89. The molecule has 0 atom stereocenters. The van der Waals surface area contributed by atoms with Gasteiger partial charge in [-0.1, -0.05) is 0 Å². The van der Waals surface area contributed by atoms with Crippen LogP contribution in [-0.4, -0.2) is 47.8 Å². The highest BCUT2D eigenvalue weighted by Crippen LogP contribution is 2.18. The maximum atomic E-state index is 12.0. The number of nitrogens with zero attached hydrogens (tertiary/aromatic N) is 3. The standard InChI is InChI=1S/C13H20N4O3/c1-13(2,3)20-11(18)9-8-15-12(16-10(9)14)17-4-6-19-7-5-17/h8H,4-7H2,1-3H3,(H2,14,15,16). The van der Waals surface area contributed by atoms with Gasteiger partial charge in [-0.05, 0) is 20.8 Å². The number of nitrogen functional groups attached to an aromatic ring is 1. The highest BCUT2D eigenvalue weighted by Gasteiger charge is 2.22. The molecule has 0 unspecified atom stereocenters. The van der Waals surface area contributed by atoms with Crippen molar-refractivity contribution in [3.63, 3.8) is 0 Å². The van der Waals surface area contributed by atoms with Crippen LogP contribution in [0.15, 0.2) is 6.20 Å². The fourth-order valence-corrected chi connectivity index (χ4v) is 1.79. The Balaban J connectivity index is 2.15. The van der Waals surface area contributed by atoms with E-state index < -0.39 is 11.6 Å². The molecule has 1 aliphatic rings. The van der Waals surface area contributed by atoms with Crippen LogP contribution in [0.5, 0.6) is 0 Å². The van der Waals surface area contributed by atoms with Crippen LogP contribution >= 0.6 is 0 Å². The number of anilines is 2. The number of carbonyl (C=O) groups excluding carboxylic acids is 1. The molecule has 1 aromatic rings. The molecule has 1 fully saturated rings. The Morgan fingerprint density at radius 1 is 1.40 bits per heavy atom. The molecule has 0 aliphatic carbocycles. The number of morpholine rings is 1. The first-order chi connectivity index (χ1) is 9.37. The smallest absolute Gasteiger partial charge is 0.344 e. The molecule has 0 bridgehead atoms. The fourth-order valence-electron chi connectivity index (χ4n) is 1.79. The summed E-state index contributed by atoms with van der Waals surface area (Å²) in [6.45, 7) is 8.09. The van der Waals surface area contributed by atoms with Gasteiger partial charge in [0.1, 0.15) is 17.0 Å². The molecule has 0 spiro atoms. The second kappa shape index (κ2) is 5.62. The van der Waals surface area contributed by atoms with Crippen molar-refractivity contribution in [2.75, 3.05) is 36.9 Å². The minimum Gasteiger partial charge on any atom is -0.456 e. The van der Waals surface area contributed by atoms with Crippen molar-refractivity contribution in [1.82, 2.24) is 9.97 Å². The predicted molar refractivity (Wildman–Crippen MR) is 74.6 cm³/mol. The van der Waals surface area contributed by atoms with Crippen LogP contribution in [0.2, 0.25) is 0 Å². The first-order valence-electron chi connectivity index (χ1n) is 6.55. The summed E-state index contributed by atoms with van der Waals surface area (Å²) >= 11 is 0. The highest BCUT2D eigenvalue weighted by atomic mass is 16.6. The molecular weight excluding hydrogens is 260 g/mol. The number of rotatable bonds is 2. The van der Waals surface area contributed by atoms with Crippen LogP contribution in [-0.2, 0) is 9.47 Å². The third-order valence-electron chi connectivity index (χ3n) is 2.72. The average Bonchev–Trinajstić information content (AvgIpc) is 2.37. The first-order valence-corrected chi connectivity index (χ1v) is 6.55. The van der Waals surface area contributed by atoms with E-state index >= 15 is 0 Å². The lowest BCUT2D eigenvalue weighted by Gasteiger charge is -2.27. The minimum absolute atomic E-state index is 0.135. The van der Waals surface area contributed by atoms with Crippen molar-refractivity contribution < 1.29 is 14.3 Å². The van der Waals surface area contributed by atoms with Crippen LogP contribution in [0.1, 0.15) is 31.1 Å². The Labute approximate surface area is 118 Å². The summed E-state index contributed by atoms with van der Waals surface area (Å²) in [5.41, 5.74) is 5.45. The van der Waals surface area contributed by atoms with Gasteiger partial charge >= 0.3 is 5.97 Å². The molecule has 0 saturated carbocycles. The van der Waals surface area contributed by atoms with E-state index in [0.717, 1.165) is 0 Å². The van der Waals surface area contributed by atoms with E-state index in [-0.39, 0.29) is 11.4 Å². The topological polar surface area (TPSA) is 90.6 Å². The highest BCUT2D eigenvalue weighted by molar-refractivity contribution is 5.94. The van der Waals surface area contributed by atoms with Crippen molar-refractivity contribution in [3.8, 4) is 0 Å². The Morgan fingerprint density at radius 2 is 2.05 bits per heavy atom. The second-order valence-electron chi connectivity index (χ2n) is 5.57. The SMILES string of the molecule is CC(C)(C)OC(=O)c1cnc(N2CCOCC2)nc1N. The van der Waals surface area contributed by atoms with Crippen molar-refractivity contribution in [2.24, 2.45) is 0 Å². The fraction of sp³-hybridized carbons (Fsp3) is 0.615. The van der Waals surface area contributed by atoms with Crippen molar-refractivity contribution >= 4 is 17.7 Å². The normalized spacial score (nSPS) is 16.1. The predicted octanol–water partition coefficient (Wildman–Crippen LogP) is 0.851. The summed E-state index contributed by atoms with van der Waals surface area (Å²) in [7, 11) is 0. The zero-order valence-corrected chi connectivity index (χ0v) is 12.0. The van der Waals surface area contributed by atoms with E-state index in [9.17, 15) is 4.79 Å². The van der Waals surface area contributed by atoms with Gasteiger partial charge in [0, 0.05) is 19.3 Å². The van der Waals surface area contributed by atoms with E-state index in [2.05, 4.69) is 9.97 Å². The van der Waals surface area contributed by atoms with Gasteiger partial charge in [0.05, 0.1) is 13.2 Å². The summed E-state index contributed by atoms with van der Waals surface area (Å²) in [5, 5.41) is 0. The molecule has 2 rings (SSSR count). The lowest BCUT2D eigenvalue weighted by atomic mass is 10.2. The Morgan fingerprint density at radius 3 is 2.60 bits per heavy atom. The van der Waals surface area contributed by atoms with Crippen LogP contribution in [0.25, 0.3) is 0 Å². The molecule has 0 aromatic carbocycles. The zero-order valence-electron chi connectivity index (χ0n) is 12.0. The van der Waals surface area contributed by atoms with Gasteiger partial charge in [0.2, 0.25) is 5.95 Å². The summed E-state index contributed by atoms with van der Waals surface area (Å²) in [6.07, 6.45) is 1.42. The Bertz CT molecular complexity index is 493. The van der Waals surface area contributed by atoms with Crippen LogP contribution < -0.4 is 10.6 Å². The van der Waals surface area contributed by atoms with Crippen molar-refractivity contribution in [1.29, 1.82) is 0 Å². The van der Waals surface area contributed by atoms with Crippen LogP contribution in [0, 0.1) is 0 Å². The van der Waals surface area contributed by atoms with E-state index in [1.54, 1.807) is 20.8 Å². The van der Waals surface area contributed by atoms with Gasteiger partial charge < -0.3 is 20.1 Å². The first kappa shape index (κ1) is 14.5. The quantitative estimate of drug-likeness (QED) is 0.803. The van der Waals surface area contributed by atoms with Crippen LogP contribution in [0.4, 0.5) is 11.8 Å². The summed E-state index contributed by atoms with van der Waals surface area (Å²) < 4.78 is 10.5. The van der Waals surface area contributed by atoms with Gasteiger partial charge in [-0.25, -0.2) is 9.78 Å². The lowest BCUT2D eigenvalue weighted by Crippen LogP contribution is -2.37. The zero-order chi connectivity index (χ0) is 14.8. The number of hydrogen-bond donors (Lipinski definition) is 1. The number of ether oxygens (including phenoxy) is 2. The summed E-state index contributed by atoms with van der Waals surface area (Å²) in [4.78, 5) is 22.3. The number of aromatic nitrogens is 2. The lowest BCUT2D eigenvalue weighted by molar-refractivity contribution is 0.00700. The molecular formula is C13H20N4O3. The third-order valence-corrected chi connectivity index (χ3v) is 2.72. The van der Waals surface area contributed by atoms with Crippen LogP contribution in [0.3, 0.4) is 0 Å². The maximum absolute atomic E-state index is 12.0. The van der Waals surface area contributed by atoms with E-state index in [1.807, 2.05) is 4.90 Å². The molecule has 1 aliphatic heterocycles. The molecule has 110 valence electrons. The second-order valence-corrected chi connectivity index (χ2v) is 5.57. The average molecular weight is 280 g/mol. The number of hydrogen-bond acceptors (Lipinski definition) is 7. The monoisotopic (exact) mass is 280 g/mol. The minimum atomic E-state index is -0.577. The number of esters is 1.